The first-order valence-electron chi connectivity index (χ1n) is 5.41. The number of anilines is 1. The molecule has 1 amide bonds. The Morgan fingerprint density at radius 2 is 2.17 bits per heavy atom. The molecule has 1 atom stereocenters. The first kappa shape index (κ1) is 14.0. The molecule has 0 aliphatic carbocycles. The summed E-state index contributed by atoms with van der Waals surface area (Å²) in [4.78, 5) is 22.7. The van der Waals surface area contributed by atoms with E-state index in [1.54, 1.807) is 13.0 Å². The number of benzene rings is 1. The second kappa shape index (κ2) is 6.02. The third kappa shape index (κ3) is 3.21. The first-order chi connectivity index (χ1) is 8.49. The van der Waals surface area contributed by atoms with Gasteiger partial charge in [-0.3, -0.25) is 4.79 Å². The van der Waals surface area contributed by atoms with Crippen LogP contribution in [0, 0.1) is 5.92 Å². The molecule has 0 heterocycles. The molecule has 0 fully saturated rings. The van der Waals surface area contributed by atoms with Gasteiger partial charge in [-0.1, -0.05) is 6.92 Å². The van der Waals surface area contributed by atoms with Gasteiger partial charge in [0.1, 0.15) is 5.75 Å². The fourth-order valence-electron chi connectivity index (χ4n) is 1.30. The van der Waals surface area contributed by atoms with E-state index in [2.05, 4.69) is 5.32 Å². The predicted octanol–water partition coefficient (Wildman–Crippen LogP) is 0.927. The number of carboxylic acids is 1. The average Bonchev–Trinajstić information content (AvgIpc) is 2.37. The van der Waals surface area contributed by atoms with Crippen LogP contribution < -0.4 is 15.8 Å². The minimum Gasteiger partial charge on any atom is -0.497 e. The van der Waals surface area contributed by atoms with E-state index in [0.29, 0.717) is 5.75 Å². The first-order valence-corrected chi connectivity index (χ1v) is 5.41. The van der Waals surface area contributed by atoms with Crippen LogP contribution in [-0.2, 0) is 4.79 Å². The highest BCUT2D eigenvalue weighted by Crippen LogP contribution is 2.22. The normalized spacial score (nSPS) is 11.7. The highest BCUT2D eigenvalue weighted by molar-refractivity contribution is 6.01. The summed E-state index contributed by atoms with van der Waals surface area (Å²) in [5.41, 5.74) is 5.58. The summed E-state index contributed by atoms with van der Waals surface area (Å²) in [6.07, 6.45) is 0. The topological polar surface area (TPSA) is 102 Å². The number of aromatic carboxylic acids is 1. The summed E-state index contributed by atoms with van der Waals surface area (Å²) in [6, 6.07) is 4.42. The number of ether oxygens (including phenoxy) is 1. The summed E-state index contributed by atoms with van der Waals surface area (Å²) in [7, 11) is 1.44. The standard InChI is InChI=1S/C12H16N2O4/c1-7(6-13)11(15)14-10-4-3-8(18-2)5-9(10)12(16)17/h3-5,7H,6,13H2,1-2H3,(H,14,15)(H,16,17). The van der Waals surface area contributed by atoms with Crippen LogP contribution in [0.25, 0.3) is 0 Å². The molecule has 0 saturated carbocycles. The Hall–Kier alpha value is -2.08. The van der Waals surface area contributed by atoms with E-state index < -0.39 is 5.97 Å². The zero-order chi connectivity index (χ0) is 13.7. The van der Waals surface area contributed by atoms with Crippen molar-refractivity contribution in [2.24, 2.45) is 11.7 Å². The Morgan fingerprint density at radius 3 is 2.67 bits per heavy atom. The lowest BCUT2D eigenvalue weighted by atomic mass is 10.1. The molecule has 0 radical (unpaired) electrons. The summed E-state index contributed by atoms with van der Waals surface area (Å²) >= 11 is 0. The van der Waals surface area contributed by atoms with Gasteiger partial charge in [0.05, 0.1) is 18.4 Å². The smallest absolute Gasteiger partial charge is 0.337 e. The Balaban J connectivity index is 3.01. The molecule has 1 rings (SSSR count). The molecular formula is C12H16N2O4. The number of carbonyl (C=O) groups excluding carboxylic acids is 1. The van der Waals surface area contributed by atoms with Crippen molar-refractivity contribution < 1.29 is 19.4 Å². The van der Waals surface area contributed by atoms with E-state index in [4.69, 9.17) is 15.6 Å². The van der Waals surface area contributed by atoms with E-state index in [9.17, 15) is 9.59 Å². The predicted molar refractivity (Wildman–Crippen MR) is 66.8 cm³/mol. The Morgan fingerprint density at radius 1 is 1.50 bits per heavy atom. The van der Waals surface area contributed by atoms with Gasteiger partial charge in [0.25, 0.3) is 0 Å². The molecule has 0 aliphatic rings. The Bertz CT molecular complexity index is 459. The number of methoxy groups -OCH3 is 1. The van der Waals surface area contributed by atoms with Gasteiger partial charge in [0, 0.05) is 12.5 Å². The molecule has 0 aliphatic heterocycles. The lowest BCUT2D eigenvalue weighted by molar-refractivity contribution is -0.119. The Kier molecular flexibility index (Phi) is 4.67. The average molecular weight is 252 g/mol. The number of nitrogens with two attached hydrogens (primary N) is 1. The lowest BCUT2D eigenvalue weighted by Crippen LogP contribution is -2.27. The third-order valence-corrected chi connectivity index (χ3v) is 2.52. The largest absolute Gasteiger partial charge is 0.497 e. The maximum absolute atomic E-state index is 11.7. The molecule has 0 saturated heterocycles. The minimum atomic E-state index is -1.13. The molecule has 0 aromatic heterocycles. The minimum absolute atomic E-state index is 0.0214. The molecule has 1 unspecified atom stereocenters. The van der Waals surface area contributed by atoms with E-state index >= 15 is 0 Å². The van der Waals surface area contributed by atoms with Crippen molar-refractivity contribution in [1.82, 2.24) is 0 Å². The maximum atomic E-state index is 11.7. The van der Waals surface area contributed by atoms with Gasteiger partial charge in [0.2, 0.25) is 5.91 Å². The van der Waals surface area contributed by atoms with E-state index in [1.165, 1.54) is 19.2 Å². The second-order valence-corrected chi connectivity index (χ2v) is 3.84. The van der Waals surface area contributed by atoms with Crippen LogP contribution in [0.15, 0.2) is 18.2 Å². The summed E-state index contributed by atoms with van der Waals surface area (Å²) < 4.78 is 4.94. The number of nitrogens with one attached hydrogen (secondary N) is 1. The molecular weight excluding hydrogens is 236 g/mol. The van der Waals surface area contributed by atoms with Crippen LogP contribution in [0.1, 0.15) is 17.3 Å². The van der Waals surface area contributed by atoms with Crippen LogP contribution in [0.2, 0.25) is 0 Å². The number of hydrogen-bond acceptors (Lipinski definition) is 4. The zero-order valence-corrected chi connectivity index (χ0v) is 10.3. The van der Waals surface area contributed by atoms with Gasteiger partial charge >= 0.3 is 5.97 Å². The van der Waals surface area contributed by atoms with Crippen LogP contribution in [-0.4, -0.2) is 30.6 Å². The molecule has 0 spiro atoms. The van der Waals surface area contributed by atoms with Crippen molar-refractivity contribution in [3.05, 3.63) is 23.8 Å². The van der Waals surface area contributed by atoms with Crippen molar-refractivity contribution in [1.29, 1.82) is 0 Å². The molecule has 0 bridgehead atoms. The van der Waals surface area contributed by atoms with E-state index in [1.807, 2.05) is 0 Å². The number of amides is 1. The highest BCUT2D eigenvalue weighted by atomic mass is 16.5. The zero-order valence-electron chi connectivity index (χ0n) is 10.3. The molecule has 18 heavy (non-hydrogen) atoms. The number of carbonyl (C=O) groups is 2. The molecule has 6 heteroatoms. The van der Waals surface area contributed by atoms with Gasteiger partial charge in [0.15, 0.2) is 0 Å². The lowest BCUT2D eigenvalue weighted by Gasteiger charge is -2.12. The molecule has 1 aromatic rings. The van der Waals surface area contributed by atoms with Crippen molar-refractivity contribution in [3.8, 4) is 5.75 Å². The van der Waals surface area contributed by atoms with Crippen molar-refractivity contribution in [2.45, 2.75) is 6.92 Å². The monoisotopic (exact) mass is 252 g/mol. The summed E-state index contributed by atoms with van der Waals surface area (Å²) in [5.74, 6) is -1.42. The number of rotatable bonds is 5. The van der Waals surface area contributed by atoms with Crippen molar-refractivity contribution in [3.63, 3.8) is 0 Å². The Labute approximate surface area is 105 Å². The summed E-state index contributed by atoms with van der Waals surface area (Å²) in [6.45, 7) is 1.86. The number of hydrogen-bond donors (Lipinski definition) is 3. The molecule has 4 N–H and O–H groups in total. The van der Waals surface area contributed by atoms with Gasteiger partial charge in [-0.2, -0.15) is 0 Å². The molecule has 98 valence electrons. The fourth-order valence-corrected chi connectivity index (χ4v) is 1.30. The van der Waals surface area contributed by atoms with Crippen LogP contribution in [0.3, 0.4) is 0 Å². The molecule has 6 nitrogen and oxygen atoms in total. The van der Waals surface area contributed by atoms with Crippen LogP contribution in [0.5, 0.6) is 5.75 Å². The van der Waals surface area contributed by atoms with Gasteiger partial charge in [-0.05, 0) is 18.2 Å². The van der Waals surface area contributed by atoms with Crippen LogP contribution in [0.4, 0.5) is 5.69 Å². The summed E-state index contributed by atoms with van der Waals surface area (Å²) in [5, 5.41) is 11.6. The van der Waals surface area contributed by atoms with Gasteiger partial charge in [-0.15, -0.1) is 0 Å². The second-order valence-electron chi connectivity index (χ2n) is 3.84. The molecule has 1 aromatic carbocycles. The van der Waals surface area contributed by atoms with Gasteiger partial charge in [-0.25, -0.2) is 4.79 Å². The SMILES string of the molecule is COc1ccc(NC(=O)C(C)CN)c(C(=O)O)c1. The van der Waals surface area contributed by atoms with E-state index in [-0.39, 0.29) is 29.6 Å². The number of carboxylic acid groups (broad SMARTS) is 1. The van der Waals surface area contributed by atoms with E-state index in [0.717, 1.165) is 0 Å². The maximum Gasteiger partial charge on any atom is 0.337 e. The fraction of sp³-hybridized carbons (Fsp3) is 0.333. The van der Waals surface area contributed by atoms with Crippen molar-refractivity contribution in [2.75, 3.05) is 19.0 Å². The highest BCUT2D eigenvalue weighted by Gasteiger charge is 2.16. The third-order valence-electron chi connectivity index (χ3n) is 2.52. The van der Waals surface area contributed by atoms with Crippen molar-refractivity contribution >= 4 is 17.6 Å². The quantitative estimate of drug-likeness (QED) is 0.723. The van der Waals surface area contributed by atoms with Crippen LogP contribution >= 0.6 is 0 Å². The van der Waals surface area contributed by atoms with Gasteiger partial charge < -0.3 is 20.9 Å².